The van der Waals surface area contributed by atoms with E-state index in [2.05, 4.69) is 30.7 Å². The van der Waals surface area contributed by atoms with Crippen LogP contribution >= 0.6 is 27.7 Å². The molecule has 2 heterocycles. The number of benzene rings is 1. The fourth-order valence-corrected chi connectivity index (χ4v) is 3.81. The summed E-state index contributed by atoms with van der Waals surface area (Å²) in [6, 6.07) is 5.17. The van der Waals surface area contributed by atoms with Crippen molar-refractivity contribution in [2.75, 3.05) is 0 Å². The van der Waals surface area contributed by atoms with Crippen LogP contribution in [0, 0.1) is 17.1 Å². The highest BCUT2D eigenvalue weighted by atomic mass is 79.9. The first-order valence-corrected chi connectivity index (χ1v) is 8.29. The number of fused-ring (bicyclic) bond motifs is 1. The Balaban J connectivity index is 1.93. The molecule has 0 saturated carbocycles. The number of nitrogens with zero attached hydrogens (tertiary/aromatic N) is 4. The Morgan fingerprint density at radius 3 is 2.95 bits per heavy atom. The van der Waals surface area contributed by atoms with Gasteiger partial charge in [0.15, 0.2) is 11.0 Å². The molecular weight excluding hydrogens is 355 g/mol. The molecule has 0 spiro atoms. The molecule has 0 bridgehead atoms. The molecule has 1 aliphatic heterocycles. The van der Waals surface area contributed by atoms with Gasteiger partial charge >= 0.3 is 0 Å². The molecule has 3 rings (SSSR count). The minimum Gasteiger partial charge on any atom is -0.306 e. The summed E-state index contributed by atoms with van der Waals surface area (Å²) in [4.78, 5) is 0.445. The van der Waals surface area contributed by atoms with Crippen LogP contribution in [0.4, 0.5) is 4.39 Å². The summed E-state index contributed by atoms with van der Waals surface area (Å²) >= 11 is 4.38. The molecule has 0 aliphatic carbocycles. The third kappa shape index (κ3) is 2.83. The monoisotopic (exact) mass is 366 g/mol. The van der Waals surface area contributed by atoms with Gasteiger partial charge in [0, 0.05) is 13.0 Å². The molecule has 0 fully saturated rings. The Hall–Kier alpha value is -1.39. The second-order valence-corrected chi connectivity index (χ2v) is 6.62. The van der Waals surface area contributed by atoms with Crippen LogP contribution in [0.2, 0.25) is 0 Å². The van der Waals surface area contributed by atoms with Crippen molar-refractivity contribution in [1.82, 2.24) is 14.8 Å². The highest BCUT2D eigenvalue weighted by Gasteiger charge is 2.18. The van der Waals surface area contributed by atoms with Gasteiger partial charge in [0.05, 0.1) is 14.9 Å². The molecule has 0 atom stereocenters. The molecule has 21 heavy (non-hydrogen) atoms. The highest BCUT2D eigenvalue weighted by Crippen LogP contribution is 2.34. The minimum absolute atomic E-state index is 0.200. The van der Waals surface area contributed by atoms with Crippen LogP contribution in [0.15, 0.2) is 26.7 Å². The number of aryl methyl sites for hydroxylation is 1. The van der Waals surface area contributed by atoms with Gasteiger partial charge in [-0.15, -0.1) is 10.2 Å². The van der Waals surface area contributed by atoms with Gasteiger partial charge in [-0.1, -0.05) is 6.42 Å². The molecule has 1 aliphatic rings. The summed E-state index contributed by atoms with van der Waals surface area (Å²) in [7, 11) is 0. The first-order valence-electron chi connectivity index (χ1n) is 6.68. The Morgan fingerprint density at radius 1 is 1.29 bits per heavy atom. The van der Waals surface area contributed by atoms with Crippen molar-refractivity contribution < 1.29 is 4.39 Å². The van der Waals surface area contributed by atoms with Crippen molar-refractivity contribution in [3.8, 4) is 6.07 Å². The third-order valence-electron chi connectivity index (χ3n) is 3.44. The molecular formula is C14H12BrFN4S. The van der Waals surface area contributed by atoms with Gasteiger partial charge in [-0.25, -0.2) is 4.39 Å². The van der Waals surface area contributed by atoms with E-state index in [9.17, 15) is 4.39 Å². The molecule has 1 aromatic heterocycles. The lowest BCUT2D eigenvalue weighted by Gasteiger charge is -2.08. The van der Waals surface area contributed by atoms with Gasteiger partial charge in [-0.05, 0) is 52.7 Å². The fourth-order valence-electron chi connectivity index (χ4n) is 2.33. The van der Waals surface area contributed by atoms with E-state index in [0.29, 0.717) is 10.1 Å². The number of halogens is 2. The molecule has 0 amide bonds. The maximum absolute atomic E-state index is 14.3. The zero-order valence-electron chi connectivity index (χ0n) is 11.1. The van der Waals surface area contributed by atoms with E-state index in [-0.39, 0.29) is 10.0 Å². The maximum atomic E-state index is 14.3. The second-order valence-electron chi connectivity index (χ2n) is 4.81. The normalized spacial score (nSPS) is 14.3. The summed E-state index contributed by atoms with van der Waals surface area (Å²) in [5.41, 5.74) is 0.289. The summed E-state index contributed by atoms with van der Waals surface area (Å²) in [6.45, 7) is 0.879. The van der Waals surface area contributed by atoms with Gasteiger partial charge in [0.2, 0.25) is 0 Å². The maximum Gasteiger partial charge on any atom is 0.196 e. The lowest BCUT2D eigenvalue weighted by Crippen LogP contribution is -2.02. The topological polar surface area (TPSA) is 54.5 Å². The Kier molecular flexibility index (Phi) is 4.27. The SMILES string of the molecule is N#Cc1ccc(Sc2nnc3n2CCCCC3)c(F)c1Br. The number of aromatic nitrogens is 3. The van der Waals surface area contributed by atoms with Crippen LogP contribution in [0.5, 0.6) is 0 Å². The van der Waals surface area contributed by atoms with Gasteiger partial charge in [0.1, 0.15) is 11.9 Å². The summed E-state index contributed by atoms with van der Waals surface area (Å²) in [6.07, 6.45) is 4.33. The molecule has 7 heteroatoms. The lowest BCUT2D eigenvalue weighted by molar-refractivity contribution is 0.583. The quantitative estimate of drug-likeness (QED) is 0.807. The Morgan fingerprint density at radius 2 is 2.14 bits per heavy atom. The van der Waals surface area contributed by atoms with Gasteiger partial charge in [-0.2, -0.15) is 5.26 Å². The van der Waals surface area contributed by atoms with Crippen molar-refractivity contribution in [1.29, 1.82) is 5.26 Å². The average Bonchev–Trinajstić information content (AvgIpc) is 2.72. The van der Waals surface area contributed by atoms with E-state index in [4.69, 9.17) is 5.26 Å². The van der Waals surface area contributed by atoms with Gasteiger partial charge < -0.3 is 4.57 Å². The molecule has 0 N–H and O–H groups in total. The summed E-state index contributed by atoms with van der Waals surface area (Å²) in [5, 5.41) is 18.0. The van der Waals surface area contributed by atoms with Gasteiger partial charge in [0.25, 0.3) is 0 Å². The molecule has 1 aromatic carbocycles. The van der Waals surface area contributed by atoms with Crippen LogP contribution in [-0.2, 0) is 13.0 Å². The molecule has 108 valence electrons. The molecule has 4 nitrogen and oxygen atoms in total. The van der Waals surface area contributed by atoms with Crippen LogP contribution in [0.3, 0.4) is 0 Å². The number of hydrogen-bond donors (Lipinski definition) is 0. The first kappa shape index (κ1) is 14.5. The lowest BCUT2D eigenvalue weighted by atomic mass is 10.2. The van der Waals surface area contributed by atoms with Crippen LogP contribution in [-0.4, -0.2) is 14.8 Å². The third-order valence-corrected chi connectivity index (χ3v) is 5.24. The van der Waals surface area contributed by atoms with Crippen molar-refractivity contribution >= 4 is 27.7 Å². The van der Waals surface area contributed by atoms with E-state index < -0.39 is 5.82 Å². The molecule has 0 unspecified atom stereocenters. The zero-order chi connectivity index (χ0) is 14.8. The van der Waals surface area contributed by atoms with Crippen molar-refractivity contribution in [2.24, 2.45) is 0 Å². The number of hydrogen-bond acceptors (Lipinski definition) is 4. The predicted octanol–water partition coefficient (Wildman–Crippen LogP) is 3.93. The first-order chi connectivity index (χ1) is 10.2. The number of rotatable bonds is 2. The summed E-state index contributed by atoms with van der Waals surface area (Å²) in [5.74, 6) is 0.549. The second kappa shape index (κ2) is 6.16. The van der Waals surface area contributed by atoms with E-state index in [1.807, 2.05) is 6.07 Å². The minimum atomic E-state index is -0.426. The van der Waals surface area contributed by atoms with E-state index in [1.54, 1.807) is 12.1 Å². The van der Waals surface area contributed by atoms with Crippen LogP contribution in [0.1, 0.15) is 30.7 Å². The van der Waals surface area contributed by atoms with E-state index >= 15 is 0 Å². The van der Waals surface area contributed by atoms with E-state index in [1.165, 1.54) is 18.2 Å². The largest absolute Gasteiger partial charge is 0.306 e. The predicted molar refractivity (Wildman–Crippen MR) is 80.5 cm³/mol. The Labute approximate surface area is 134 Å². The fraction of sp³-hybridized carbons (Fsp3) is 0.357. The van der Waals surface area contributed by atoms with Gasteiger partial charge in [-0.3, -0.25) is 0 Å². The van der Waals surface area contributed by atoms with Crippen LogP contribution in [0.25, 0.3) is 0 Å². The highest BCUT2D eigenvalue weighted by molar-refractivity contribution is 9.10. The number of nitriles is 1. The Bertz CT molecular complexity index is 722. The standard InChI is InChI=1S/C14H12BrFN4S/c15-12-9(8-17)5-6-10(13(12)16)21-14-19-18-11-4-2-1-3-7-20(11)14/h5-6H,1-4,7H2. The van der Waals surface area contributed by atoms with Crippen molar-refractivity contribution in [3.63, 3.8) is 0 Å². The molecule has 0 radical (unpaired) electrons. The van der Waals surface area contributed by atoms with Crippen molar-refractivity contribution in [2.45, 2.75) is 42.3 Å². The molecule has 2 aromatic rings. The zero-order valence-corrected chi connectivity index (χ0v) is 13.5. The average molecular weight is 367 g/mol. The summed E-state index contributed by atoms with van der Waals surface area (Å²) < 4.78 is 16.5. The van der Waals surface area contributed by atoms with E-state index in [0.717, 1.165) is 31.6 Å². The van der Waals surface area contributed by atoms with Crippen molar-refractivity contribution in [3.05, 3.63) is 33.8 Å². The smallest absolute Gasteiger partial charge is 0.196 e. The van der Waals surface area contributed by atoms with Crippen LogP contribution < -0.4 is 0 Å². The molecule has 0 saturated heterocycles.